The number of rotatable bonds is 9. The van der Waals surface area contributed by atoms with Crippen LogP contribution in [0.3, 0.4) is 0 Å². The molecule has 2 aromatic carbocycles. The van der Waals surface area contributed by atoms with E-state index in [2.05, 4.69) is 10.0 Å². The molecule has 0 bridgehead atoms. The SMILES string of the molecule is COc1ccc(S(=O)(=O)N[C@@H](C)C(=O)OCC(=O)N[C@@H](C)c2ccccc2)cc1. The van der Waals surface area contributed by atoms with Crippen LogP contribution < -0.4 is 14.8 Å². The molecule has 9 heteroatoms. The molecule has 0 unspecified atom stereocenters. The number of carbonyl (C=O) groups excluding carboxylic acids is 2. The van der Waals surface area contributed by atoms with Crippen molar-refractivity contribution in [2.75, 3.05) is 13.7 Å². The van der Waals surface area contributed by atoms with E-state index in [0.29, 0.717) is 5.75 Å². The van der Waals surface area contributed by atoms with Gasteiger partial charge in [0.2, 0.25) is 10.0 Å². The van der Waals surface area contributed by atoms with E-state index in [-0.39, 0.29) is 10.9 Å². The molecule has 0 aromatic heterocycles. The second-order valence-corrected chi connectivity index (χ2v) is 8.04. The van der Waals surface area contributed by atoms with E-state index in [9.17, 15) is 18.0 Å². The monoisotopic (exact) mass is 420 g/mol. The molecule has 0 heterocycles. The highest BCUT2D eigenvalue weighted by molar-refractivity contribution is 7.89. The molecule has 29 heavy (non-hydrogen) atoms. The Kier molecular flexibility index (Phi) is 7.74. The van der Waals surface area contributed by atoms with Crippen molar-refractivity contribution in [2.45, 2.75) is 30.8 Å². The number of hydrogen-bond acceptors (Lipinski definition) is 6. The third-order valence-electron chi connectivity index (χ3n) is 4.08. The van der Waals surface area contributed by atoms with Gasteiger partial charge in [-0.25, -0.2) is 8.42 Å². The van der Waals surface area contributed by atoms with Crippen LogP contribution in [0.1, 0.15) is 25.5 Å². The van der Waals surface area contributed by atoms with Crippen LogP contribution in [0.5, 0.6) is 5.75 Å². The van der Waals surface area contributed by atoms with E-state index in [1.54, 1.807) is 6.92 Å². The van der Waals surface area contributed by atoms with Gasteiger partial charge < -0.3 is 14.8 Å². The fourth-order valence-corrected chi connectivity index (χ4v) is 3.67. The van der Waals surface area contributed by atoms with Crippen LogP contribution in [0.25, 0.3) is 0 Å². The second kappa shape index (κ2) is 10.0. The van der Waals surface area contributed by atoms with Crippen LogP contribution >= 0.6 is 0 Å². The zero-order valence-electron chi connectivity index (χ0n) is 16.4. The van der Waals surface area contributed by atoms with E-state index in [4.69, 9.17) is 9.47 Å². The molecule has 0 aliphatic heterocycles. The highest BCUT2D eigenvalue weighted by Gasteiger charge is 2.24. The van der Waals surface area contributed by atoms with E-state index < -0.39 is 34.5 Å². The number of hydrogen-bond donors (Lipinski definition) is 2. The number of nitrogens with one attached hydrogen (secondary N) is 2. The van der Waals surface area contributed by atoms with Crippen molar-refractivity contribution >= 4 is 21.9 Å². The minimum Gasteiger partial charge on any atom is -0.497 e. The summed E-state index contributed by atoms with van der Waals surface area (Å²) in [4.78, 5) is 24.0. The van der Waals surface area contributed by atoms with Gasteiger partial charge in [0.1, 0.15) is 11.8 Å². The summed E-state index contributed by atoms with van der Waals surface area (Å²) in [6.45, 7) is 2.64. The van der Waals surface area contributed by atoms with Gasteiger partial charge in [-0.1, -0.05) is 30.3 Å². The number of carbonyl (C=O) groups is 2. The number of ether oxygens (including phenoxy) is 2. The van der Waals surface area contributed by atoms with Crippen LogP contribution in [0.15, 0.2) is 59.5 Å². The number of amides is 1. The molecular formula is C20H24N2O6S. The van der Waals surface area contributed by atoms with Gasteiger partial charge in [-0.15, -0.1) is 0 Å². The predicted octanol–water partition coefficient (Wildman–Crippen LogP) is 1.78. The van der Waals surface area contributed by atoms with Gasteiger partial charge in [0.05, 0.1) is 18.0 Å². The standard InChI is InChI=1S/C20H24N2O6S/c1-14(16-7-5-4-6-8-16)21-19(23)13-28-20(24)15(2)22-29(25,26)18-11-9-17(27-3)10-12-18/h4-12,14-15,22H,13H2,1-3H3,(H,21,23)/t14-,15-/m0/s1. The zero-order chi connectivity index (χ0) is 21.4. The summed E-state index contributed by atoms with van der Waals surface area (Å²) < 4.78 is 36.8. The Hall–Kier alpha value is -2.91. The van der Waals surface area contributed by atoms with Crippen molar-refractivity contribution in [3.8, 4) is 5.75 Å². The molecule has 0 radical (unpaired) electrons. The lowest BCUT2D eigenvalue weighted by molar-refractivity contribution is -0.149. The Bertz CT molecular complexity index is 929. The van der Waals surface area contributed by atoms with Gasteiger partial charge in [0, 0.05) is 0 Å². The van der Waals surface area contributed by atoms with Crippen molar-refractivity contribution in [3.05, 3.63) is 60.2 Å². The van der Waals surface area contributed by atoms with Crippen molar-refractivity contribution in [1.82, 2.24) is 10.0 Å². The highest BCUT2D eigenvalue weighted by Crippen LogP contribution is 2.16. The summed E-state index contributed by atoms with van der Waals surface area (Å²) in [6, 6.07) is 13.6. The molecule has 1 amide bonds. The molecule has 0 saturated heterocycles. The van der Waals surface area contributed by atoms with Gasteiger partial charge in [0.25, 0.3) is 5.91 Å². The molecule has 156 valence electrons. The molecule has 0 spiro atoms. The minimum atomic E-state index is -3.93. The molecule has 0 saturated carbocycles. The third-order valence-corrected chi connectivity index (χ3v) is 5.63. The minimum absolute atomic E-state index is 0.0209. The van der Waals surface area contributed by atoms with Crippen LogP contribution in [-0.4, -0.2) is 40.1 Å². The summed E-state index contributed by atoms with van der Waals surface area (Å²) in [5.41, 5.74) is 0.910. The first-order valence-corrected chi connectivity index (χ1v) is 10.4. The Balaban J connectivity index is 1.85. The van der Waals surface area contributed by atoms with Crippen molar-refractivity contribution in [1.29, 1.82) is 0 Å². The summed E-state index contributed by atoms with van der Waals surface area (Å²) in [7, 11) is -2.46. The van der Waals surface area contributed by atoms with Crippen molar-refractivity contribution in [2.24, 2.45) is 0 Å². The first-order chi connectivity index (χ1) is 13.7. The number of benzene rings is 2. The van der Waals surface area contributed by atoms with Gasteiger partial charge in [-0.2, -0.15) is 4.72 Å². The number of sulfonamides is 1. The molecule has 2 atom stereocenters. The van der Waals surface area contributed by atoms with Gasteiger partial charge in [0.15, 0.2) is 6.61 Å². The number of methoxy groups -OCH3 is 1. The Morgan fingerprint density at radius 2 is 1.62 bits per heavy atom. The van der Waals surface area contributed by atoms with Gasteiger partial charge >= 0.3 is 5.97 Å². The van der Waals surface area contributed by atoms with Crippen molar-refractivity contribution < 1.29 is 27.5 Å². The normalized spacial score (nSPS) is 13.2. The average molecular weight is 420 g/mol. The molecule has 2 N–H and O–H groups in total. The lowest BCUT2D eigenvalue weighted by Crippen LogP contribution is -2.41. The lowest BCUT2D eigenvalue weighted by Gasteiger charge is -2.16. The fraction of sp³-hybridized carbons (Fsp3) is 0.300. The Morgan fingerprint density at radius 1 is 1.00 bits per heavy atom. The molecule has 2 rings (SSSR count). The van der Waals surface area contributed by atoms with Crippen LogP contribution in [-0.2, 0) is 24.3 Å². The predicted molar refractivity (Wildman–Crippen MR) is 107 cm³/mol. The summed E-state index contributed by atoms with van der Waals surface area (Å²) in [5.74, 6) is -0.836. The molecule has 0 aliphatic carbocycles. The lowest BCUT2D eigenvalue weighted by atomic mass is 10.1. The van der Waals surface area contributed by atoms with E-state index in [1.165, 1.54) is 38.3 Å². The summed E-state index contributed by atoms with van der Waals surface area (Å²) in [6.07, 6.45) is 0. The molecule has 2 aromatic rings. The first kappa shape index (κ1) is 22.4. The van der Waals surface area contributed by atoms with Gasteiger partial charge in [-0.05, 0) is 43.7 Å². The average Bonchev–Trinajstić information content (AvgIpc) is 2.72. The first-order valence-electron chi connectivity index (χ1n) is 8.90. The highest BCUT2D eigenvalue weighted by atomic mass is 32.2. The third kappa shape index (κ3) is 6.58. The number of esters is 1. The maximum absolute atomic E-state index is 12.3. The Labute approximate surface area is 170 Å². The topological polar surface area (TPSA) is 111 Å². The molecule has 0 fully saturated rings. The fourth-order valence-electron chi connectivity index (χ4n) is 2.47. The molecule has 0 aliphatic rings. The largest absolute Gasteiger partial charge is 0.497 e. The van der Waals surface area contributed by atoms with E-state index >= 15 is 0 Å². The van der Waals surface area contributed by atoms with Gasteiger partial charge in [-0.3, -0.25) is 9.59 Å². The summed E-state index contributed by atoms with van der Waals surface area (Å²) in [5, 5.41) is 2.71. The van der Waals surface area contributed by atoms with Crippen LogP contribution in [0.4, 0.5) is 0 Å². The maximum Gasteiger partial charge on any atom is 0.324 e. The van der Waals surface area contributed by atoms with E-state index in [0.717, 1.165) is 5.56 Å². The van der Waals surface area contributed by atoms with Crippen LogP contribution in [0.2, 0.25) is 0 Å². The summed E-state index contributed by atoms with van der Waals surface area (Å²) >= 11 is 0. The Morgan fingerprint density at radius 3 is 2.21 bits per heavy atom. The van der Waals surface area contributed by atoms with E-state index in [1.807, 2.05) is 30.3 Å². The molecule has 8 nitrogen and oxygen atoms in total. The smallest absolute Gasteiger partial charge is 0.324 e. The molecular weight excluding hydrogens is 396 g/mol. The maximum atomic E-state index is 12.3. The van der Waals surface area contributed by atoms with Crippen LogP contribution in [0, 0.1) is 0 Å². The quantitative estimate of drug-likeness (QED) is 0.599. The second-order valence-electron chi connectivity index (χ2n) is 6.33. The van der Waals surface area contributed by atoms with Crippen molar-refractivity contribution in [3.63, 3.8) is 0 Å². The zero-order valence-corrected chi connectivity index (χ0v) is 17.2.